The highest BCUT2D eigenvalue weighted by Gasteiger charge is 2.21. The molecule has 0 bridgehead atoms. The number of fused-ring (bicyclic) bond motifs is 1. The number of hydrogen-bond donors (Lipinski definition) is 0. The normalized spacial score (nSPS) is 11.7. The number of methoxy groups -OCH3 is 1. The number of ether oxygens (including phenoxy) is 2. The van der Waals surface area contributed by atoms with Crippen molar-refractivity contribution in [3.8, 4) is 11.3 Å². The molecule has 0 unspecified atom stereocenters. The van der Waals surface area contributed by atoms with Gasteiger partial charge in [-0.15, -0.1) is 0 Å². The molecule has 0 atom stereocenters. The Morgan fingerprint density at radius 3 is 2.54 bits per heavy atom. The number of nitrogens with zero attached hydrogens (tertiary/aromatic N) is 3. The van der Waals surface area contributed by atoms with E-state index in [1.54, 1.807) is 64.3 Å². The van der Waals surface area contributed by atoms with Crippen molar-refractivity contribution in [1.82, 2.24) is 14.5 Å². The largest absolute Gasteiger partial charge is 0.456 e. The Bertz CT molecular complexity index is 1360. The van der Waals surface area contributed by atoms with Crippen LogP contribution in [-0.4, -0.2) is 39.8 Å². The third-order valence-electron chi connectivity index (χ3n) is 5.41. The molecule has 182 valence electrons. The first-order valence-corrected chi connectivity index (χ1v) is 11.3. The third kappa shape index (κ3) is 5.54. The summed E-state index contributed by atoms with van der Waals surface area (Å²) >= 11 is 0. The molecule has 0 saturated heterocycles. The van der Waals surface area contributed by atoms with Crippen LogP contribution in [0.1, 0.15) is 42.5 Å². The molecule has 0 aliphatic heterocycles. The van der Waals surface area contributed by atoms with Crippen LogP contribution in [0.25, 0.3) is 22.3 Å². The van der Waals surface area contributed by atoms with E-state index in [9.17, 15) is 9.18 Å². The summed E-state index contributed by atoms with van der Waals surface area (Å²) in [6.07, 6.45) is 1.59. The van der Waals surface area contributed by atoms with E-state index in [1.165, 1.54) is 12.3 Å². The highest BCUT2D eigenvalue weighted by atomic mass is 19.1. The zero-order chi connectivity index (χ0) is 25.2. The lowest BCUT2D eigenvalue weighted by molar-refractivity contribution is 0.00696. The number of rotatable bonds is 7. The first-order valence-electron chi connectivity index (χ1n) is 11.3. The van der Waals surface area contributed by atoms with Crippen LogP contribution < -0.4 is 0 Å². The van der Waals surface area contributed by atoms with Crippen molar-refractivity contribution in [2.75, 3.05) is 13.7 Å². The monoisotopic (exact) mass is 479 g/mol. The molecule has 8 heteroatoms. The van der Waals surface area contributed by atoms with E-state index in [4.69, 9.17) is 9.47 Å². The van der Waals surface area contributed by atoms with Crippen molar-refractivity contribution in [3.63, 3.8) is 0 Å². The van der Waals surface area contributed by atoms with Crippen molar-refractivity contribution in [1.29, 1.82) is 0 Å². The summed E-state index contributed by atoms with van der Waals surface area (Å²) < 4.78 is 42.5. The molecule has 0 radical (unpaired) electrons. The number of carbonyl (C=O) groups is 1. The van der Waals surface area contributed by atoms with Gasteiger partial charge in [-0.3, -0.25) is 4.98 Å². The first kappa shape index (κ1) is 24.5. The Labute approximate surface area is 202 Å². The van der Waals surface area contributed by atoms with Gasteiger partial charge in [0, 0.05) is 31.8 Å². The molecule has 0 spiro atoms. The molecule has 0 fully saturated rings. The zero-order valence-electron chi connectivity index (χ0n) is 20.1. The van der Waals surface area contributed by atoms with Gasteiger partial charge in [-0.25, -0.2) is 18.6 Å². The van der Waals surface area contributed by atoms with Gasteiger partial charge in [0.1, 0.15) is 23.1 Å². The van der Waals surface area contributed by atoms with Crippen molar-refractivity contribution in [2.45, 2.75) is 39.3 Å². The lowest BCUT2D eigenvalue weighted by Crippen LogP contribution is -2.23. The fourth-order valence-corrected chi connectivity index (χ4v) is 3.82. The maximum atomic E-state index is 15.1. The zero-order valence-corrected chi connectivity index (χ0v) is 20.1. The van der Waals surface area contributed by atoms with E-state index in [-0.39, 0.29) is 17.5 Å². The molecule has 0 amide bonds. The molecule has 0 aliphatic carbocycles. The predicted molar refractivity (Wildman–Crippen MR) is 129 cm³/mol. The maximum Gasteiger partial charge on any atom is 0.338 e. The van der Waals surface area contributed by atoms with Crippen LogP contribution in [0, 0.1) is 11.6 Å². The van der Waals surface area contributed by atoms with Crippen molar-refractivity contribution in [2.24, 2.45) is 0 Å². The predicted octanol–water partition coefficient (Wildman–Crippen LogP) is 5.57. The molecule has 4 rings (SSSR count). The van der Waals surface area contributed by atoms with E-state index in [2.05, 4.69) is 9.97 Å². The topological polar surface area (TPSA) is 66.2 Å². The minimum absolute atomic E-state index is 0.0609. The van der Waals surface area contributed by atoms with Crippen molar-refractivity contribution < 1.29 is 23.0 Å². The van der Waals surface area contributed by atoms with Crippen LogP contribution >= 0.6 is 0 Å². The van der Waals surface area contributed by atoms with Gasteiger partial charge in [0.2, 0.25) is 0 Å². The minimum Gasteiger partial charge on any atom is -0.456 e. The van der Waals surface area contributed by atoms with Gasteiger partial charge in [-0.05, 0) is 68.8 Å². The van der Waals surface area contributed by atoms with Gasteiger partial charge in [0.05, 0.1) is 28.9 Å². The average molecular weight is 480 g/mol. The van der Waals surface area contributed by atoms with Gasteiger partial charge in [0.15, 0.2) is 0 Å². The molecule has 2 heterocycles. The van der Waals surface area contributed by atoms with Gasteiger partial charge in [-0.2, -0.15) is 0 Å². The smallest absolute Gasteiger partial charge is 0.338 e. The van der Waals surface area contributed by atoms with E-state index >= 15 is 4.39 Å². The summed E-state index contributed by atoms with van der Waals surface area (Å²) in [5.41, 5.74) is 1.70. The lowest BCUT2D eigenvalue weighted by atomic mass is 10.0. The number of carbonyl (C=O) groups excluding carboxylic acids is 1. The van der Waals surface area contributed by atoms with Crippen LogP contribution in [0.15, 0.2) is 54.7 Å². The molecule has 0 saturated carbocycles. The fourth-order valence-electron chi connectivity index (χ4n) is 3.82. The quantitative estimate of drug-likeness (QED) is 0.324. The van der Waals surface area contributed by atoms with E-state index in [1.807, 2.05) is 4.57 Å². The van der Waals surface area contributed by atoms with Gasteiger partial charge >= 0.3 is 5.97 Å². The number of halogens is 2. The highest BCUT2D eigenvalue weighted by Crippen LogP contribution is 2.27. The third-order valence-corrected chi connectivity index (χ3v) is 5.41. The van der Waals surface area contributed by atoms with E-state index in [0.717, 1.165) is 6.07 Å². The molecule has 0 N–H and O–H groups in total. The van der Waals surface area contributed by atoms with Gasteiger partial charge in [-0.1, -0.05) is 6.07 Å². The molecule has 0 aliphatic rings. The summed E-state index contributed by atoms with van der Waals surface area (Å²) in [4.78, 5) is 21.3. The molecular weight excluding hydrogens is 452 g/mol. The summed E-state index contributed by atoms with van der Waals surface area (Å²) in [5.74, 6) is -1.03. The van der Waals surface area contributed by atoms with Gasteiger partial charge < -0.3 is 14.0 Å². The number of hydrogen-bond acceptors (Lipinski definition) is 5. The molecule has 2 aromatic carbocycles. The standard InChI is InChI=1S/C27H27F2N3O3/c1-27(2,3)35-26(33)17-8-9-23-24(14-17)32(11-12-34-4)25(31-23)15-18-13-21(29)19(16-20(18)28)22-7-5-6-10-30-22/h5-10,13-14,16H,11-12,15H2,1-4H3. The number of benzene rings is 2. The maximum absolute atomic E-state index is 15.1. The summed E-state index contributed by atoms with van der Waals surface area (Å²) in [6.45, 7) is 6.21. The minimum atomic E-state index is -0.628. The summed E-state index contributed by atoms with van der Waals surface area (Å²) in [5, 5.41) is 0. The van der Waals surface area contributed by atoms with Crippen LogP contribution in [0.3, 0.4) is 0 Å². The molecule has 6 nitrogen and oxygen atoms in total. The molecule has 4 aromatic rings. The Hall–Kier alpha value is -3.65. The summed E-state index contributed by atoms with van der Waals surface area (Å²) in [6, 6.07) is 12.5. The lowest BCUT2D eigenvalue weighted by Gasteiger charge is -2.19. The number of imidazole rings is 1. The summed E-state index contributed by atoms with van der Waals surface area (Å²) in [7, 11) is 1.58. The average Bonchev–Trinajstić information content (AvgIpc) is 3.15. The number of esters is 1. The number of pyridine rings is 1. The number of aromatic nitrogens is 3. The van der Waals surface area contributed by atoms with E-state index in [0.29, 0.717) is 41.3 Å². The SMILES string of the molecule is COCCn1c(Cc2cc(F)c(-c3ccccn3)cc2F)nc2ccc(C(=O)OC(C)(C)C)cc21. The van der Waals surface area contributed by atoms with Crippen LogP contribution in [0.4, 0.5) is 8.78 Å². The van der Waals surface area contributed by atoms with E-state index < -0.39 is 23.2 Å². The highest BCUT2D eigenvalue weighted by molar-refractivity contribution is 5.94. The van der Waals surface area contributed by atoms with Crippen LogP contribution in [-0.2, 0) is 22.4 Å². The van der Waals surface area contributed by atoms with Gasteiger partial charge in [0.25, 0.3) is 0 Å². The second kappa shape index (κ2) is 9.92. The Morgan fingerprint density at radius 1 is 1.06 bits per heavy atom. The van der Waals surface area contributed by atoms with Crippen molar-refractivity contribution >= 4 is 17.0 Å². The molecular formula is C27H27F2N3O3. The second-order valence-electron chi connectivity index (χ2n) is 9.19. The Kier molecular flexibility index (Phi) is 6.93. The van der Waals surface area contributed by atoms with Crippen LogP contribution in [0.5, 0.6) is 0 Å². The molecule has 35 heavy (non-hydrogen) atoms. The molecule has 2 aromatic heterocycles. The fraction of sp³-hybridized carbons (Fsp3) is 0.296. The Morgan fingerprint density at radius 2 is 1.86 bits per heavy atom. The first-order chi connectivity index (χ1) is 16.7. The van der Waals surface area contributed by atoms with Crippen LogP contribution in [0.2, 0.25) is 0 Å². The second-order valence-corrected chi connectivity index (χ2v) is 9.19. The van der Waals surface area contributed by atoms with Crippen molar-refractivity contribution in [3.05, 3.63) is 83.3 Å². The Balaban J connectivity index is 1.72.